The van der Waals surface area contributed by atoms with Crippen molar-refractivity contribution in [3.63, 3.8) is 0 Å². The average Bonchev–Trinajstić information content (AvgIpc) is 2.89. The van der Waals surface area contributed by atoms with Crippen molar-refractivity contribution in [2.45, 2.75) is 6.54 Å². The van der Waals surface area contributed by atoms with E-state index in [4.69, 9.17) is 19.9 Å². The summed E-state index contributed by atoms with van der Waals surface area (Å²) in [7, 11) is 0. The number of hydrogen-bond acceptors (Lipinski definition) is 9. The van der Waals surface area contributed by atoms with Gasteiger partial charge in [-0.1, -0.05) is 12.1 Å². The highest BCUT2D eigenvalue weighted by Gasteiger charge is 2.28. The van der Waals surface area contributed by atoms with E-state index < -0.39 is 46.7 Å². The van der Waals surface area contributed by atoms with Crippen LogP contribution in [-0.4, -0.2) is 54.5 Å². The number of nitrogens with two attached hydrogens (primary N) is 1. The van der Waals surface area contributed by atoms with Crippen LogP contribution >= 0.6 is 0 Å². The Morgan fingerprint density at radius 1 is 0.730 bits per heavy atom. The molecule has 0 aliphatic rings. The third kappa shape index (κ3) is 7.90. The summed E-state index contributed by atoms with van der Waals surface area (Å²) in [5.41, 5.74) is 5.81. The van der Waals surface area contributed by atoms with Crippen LogP contribution in [0.5, 0.6) is 11.8 Å². The Kier molecular flexibility index (Phi) is 10.2. The van der Waals surface area contributed by atoms with Crippen molar-refractivity contribution in [1.29, 1.82) is 0 Å². The Labute approximate surface area is 207 Å². The summed E-state index contributed by atoms with van der Waals surface area (Å²) in [6, 6.07) is 4.80. The molecule has 2 aromatic carbocycles. The predicted molar refractivity (Wildman–Crippen MR) is 119 cm³/mol. The number of ether oxygens (including phenoxy) is 3. The molecule has 0 aliphatic heterocycles. The molecule has 0 bridgehead atoms. The van der Waals surface area contributed by atoms with Gasteiger partial charge in [0.1, 0.15) is 5.82 Å². The van der Waals surface area contributed by atoms with E-state index in [0.717, 1.165) is 0 Å². The molecule has 0 aliphatic carbocycles. The van der Waals surface area contributed by atoms with Crippen molar-refractivity contribution in [2.75, 3.05) is 50.2 Å². The van der Waals surface area contributed by atoms with Gasteiger partial charge < -0.3 is 30.6 Å². The maximum atomic E-state index is 14.1. The van der Waals surface area contributed by atoms with E-state index in [9.17, 15) is 26.3 Å². The number of anilines is 2. The monoisotopic (exact) mass is 532 g/mol. The van der Waals surface area contributed by atoms with Crippen LogP contribution < -0.4 is 21.1 Å². The molecule has 0 saturated carbocycles. The zero-order chi connectivity index (χ0) is 26.8. The second-order valence-electron chi connectivity index (χ2n) is 7.19. The highest BCUT2D eigenvalue weighted by Crippen LogP contribution is 2.32. The van der Waals surface area contributed by atoms with Crippen LogP contribution in [-0.2, 0) is 16.0 Å². The Balaban J connectivity index is 1.76. The maximum Gasteiger partial charge on any atom is 0.328 e. The molecular formula is C22H22F6N6O3. The van der Waals surface area contributed by atoms with Gasteiger partial charge in [-0.3, -0.25) is 0 Å². The van der Waals surface area contributed by atoms with Gasteiger partial charge in [-0.05, 0) is 17.7 Å². The van der Waals surface area contributed by atoms with Crippen molar-refractivity contribution >= 4 is 11.9 Å². The Morgan fingerprint density at radius 2 is 1.35 bits per heavy atom. The zero-order valence-corrected chi connectivity index (χ0v) is 19.2. The molecule has 15 heteroatoms. The van der Waals surface area contributed by atoms with Gasteiger partial charge in [0.15, 0.2) is 0 Å². The lowest BCUT2D eigenvalue weighted by Crippen LogP contribution is -2.16. The van der Waals surface area contributed by atoms with Gasteiger partial charge in [0.25, 0.3) is 0 Å². The largest absolute Gasteiger partial charge is 0.418 e. The van der Waals surface area contributed by atoms with Gasteiger partial charge in [-0.25, -0.2) is 17.6 Å². The second-order valence-corrected chi connectivity index (χ2v) is 7.19. The molecule has 0 radical (unpaired) electrons. The number of hydrogen-bond donors (Lipinski definition) is 3. The van der Waals surface area contributed by atoms with Gasteiger partial charge in [0.05, 0.1) is 26.4 Å². The first-order valence-electron chi connectivity index (χ1n) is 10.8. The molecule has 0 amide bonds. The smallest absolute Gasteiger partial charge is 0.328 e. The number of benzene rings is 2. The van der Waals surface area contributed by atoms with Crippen LogP contribution in [0.2, 0.25) is 0 Å². The predicted octanol–water partition coefficient (Wildman–Crippen LogP) is 3.51. The minimum Gasteiger partial charge on any atom is -0.418 e. The van der Waals surface area contributed by atoms with Crippen LogP contribution in [0.3, 0.4) is 0 Å². The molecule has 37 heavy (non-hydrogen) atoms. The summed E-state index contributed by atoms with van der Waals surface area (Å²) >= 11 is 0. The van der Waals surface area contributed by atoms with Crippen molar-refractivity contribution in [3.05, 3.63) is 64.7 Å². The quantitative estimate of drug-likeness (QED) is 0.124. The highest BCUT2D eigenvalue weighted by molar-refractivity contribution is 5.39. The lowest BCUT2D eigenvalue weighted by atomic mass is 10.2. The second kappa shape index (κ2) is 13.6. The molecule has 3 rings (SSSR count). The summed E-state index contributed by atoms with van der Waals surface area (Å²) in [5, 5.41) is 5.50. The number of halogens is 6. The van der Waals surface area contributed by atoms with Gasteiger partial charge in [0, 0.05) is 19.6 Å². The fraction of sp³-hybridized carbons (Fsp3) is 0.318. The van der Waals surface area contributed by atoms with Crippen molar-refractivity contribution < 1.29 is 40.6 Å². The standard InChI is InChI=1S/C22H22F6N6O3/c23-13-3-1-2-12(10-13)11-31-21-32-20(30-5-7-36-9-8-35-6-4-29)33-22(34-21)37-19-17(27)15(25)14(24)16(26)18(19)28/h1-3,10H,4-9,11,29H2,(H2,30,31,32,33,34). The lowest BCUT2D eigenvalue weighted by molar-refractivity contribution is 0.0547. The fourth-order valence-corrected chi connectivity index (χ4v) is 2.79. The van der Waals surface area contributed by atoms with E-state index in [0.29, 0.717) is 25.3 Å². The molecule has 0 atom stereocenters. The van der Waals surface area contributed by atoms with E-state index in [-0.39, 0.29) is 38.2 Å². The van der Waals surface area contributed by atoms with Crippen LogP contribution in [0, 0.1) is 34.9 Å². The van der Waals surface area contributed by atoms with E-state index in [1.165, 1.54) is 18.2 Å². The normalized spacial score (nSPS) is 11.0. The van der Waals surface area contributed by atoms with Crippen molar-refractivity contribution in [2.24, 2.45) is 5.73 Å². The average molecular weight is 532 g/mol. The first-order valence-corrected chi connectivity index (χ1v) is 10.8. The number of aromatic nitrogens is 3. The Morgan fingerprint density at radius 3 is 2.00 bits per heavy atom. The molecule has 9 nitrogen and oxygen atoms in total. The highest BCUT2D eigenvalue weighted by atomic mass is 19.2. The van der Waals surface area contributed by atoms with Crippen molar-refractivity contribution in [1.82, 2.24) is 15.0 Å². The van der Waals surface area contributed by atoms with Crippen LogP contribution in [0.25, 0.3) is 0 Å². The van der Waals surface area contributed by atoms with Gasteiger partial charge in [-0.2, -0.15) is 23.7 Å². The molecular weight excluding hydrogens is 510 g/mol. The lowest BCUT2D eigenvalue weighted by Gasteiger charge is -2.12. The van der Waals surface area contributed by atoms with Gasteiger partial charge in [0.2, 0.25) is 46.7 Å². The summed E-state index contributed by atoms with van der Waals surface area (Å²) < 4.78 is 97.4. The molecule has 0 spiro atoms. The number of nitrogens with zero attached hydrogens (tertiary/aromatic N) is 3. The van der Waals surface area contributed by atoms with Crippen LogP contribution in [0.15, 0.2) is 24.3 Å². The van der Waals surface area contributed by atoms with E-state index in [2.05, 4.69) is 25.6 Å². The molecule has 200 valence electrons. The summed E-state index contributed by atoms with van der Waals surface area (Å²) in [5.74, 6) is -13.6. The number of rotatable bonds is 14. The van der Waals surface area contributed by atoms with Crippen LogP contribution in [0.4, 0.5) is 38.2 Å². The first-order chi connectivity index (χ1) is 17.8. The minimum atomic E-state index is -2.34. The van der Waals surface area contributed by atoms with Gasteiger partial charge in [-0.15, -0.1) is 0 Å². The molecule has 4 N–H and O–H groups in total. The van der Waals surface area contributed by atoms with E-state index in [1.807, 2.05) is 0 Å². The van der Waals surface area contributed by atoms with Gasteiger partial charge >= 0.3 is 6.01 Å². The fourth-order valence-electron chi connectivity index (χ4n) is 2.79. The molecule has 1 heterocycles. The molecule has 1 aromatic heterocycles. The molecule has 0 saturated heterocycles. The summed E-state index contributed by atoms with van der Waals surface area (Å²) in [6.07, 6.45) is 0. The third-order valence-electron chi connectivity index (χ3n) is 4.48. The van der Waals surface area contributed by atoms with E-state index >= 15 is 0 Å². The molecule has 0 fully saturated rings. The Hall–Kier alpha value is -3.69. The summed E-state index contributed by atoms with van der Waals surface area (Å²) in [6.45, 7) is 1.75. The number of nitrogens with one attached hydrogen (secondary N) is 2. The maximum absolute atomic E-state index is 14.1. The zero-order valence-electron chi connectivity index (χ0n) is 19.2. The molecule has 0 unspecified atom stereocenters. The van der Waals surface area contributed by atoms with E-state index in [1.54, 1.807) is 6.07 Å². The Bertz CT molecular complexity index is 1180. The molecule has 3 aromatic rings. The third-order valence-corrected chi connectivity index (χ3v) is 4.48. The first kappa shape index (κ1) is 27.9. The minimum absolute atomic E-state index is 0.0229. The van der Waals surface area contributed by atoms with Crippen LogP contribution in [0.1, 0.15) is 5.56 Å². The van der Waals surface area contributed by atoms with Crippen molar-refractivity contribution in [3.8, 4) is 11.8 Å². The topological polar surface area (TPSA) is 116 Å². The SMILES string of the molecule is NCCOCCOCCNc1nc(NCc2cccc(F)c2)nc(Oc2c(F)c(F)c(F)c(F)c2F)n1. The summed E-state index contributed by atoms with van der Waals surface area (Å²) in [4.78, 5) is 11.7.